The third-order valence-corrected chi connectivity index (χ3v) is 2.69. The predicted molar refractivity (Wildman–Crippen MR) is 74.3 cm³/mol. The van der Waals surface area contributed by atoms with Gasteiger partial charge in [-0.15, -0.1) is 6.58 Å². The number of aromatic nitrogens is 2. The molecule has 0 aliphatic heterocycles. The number of aliphatic carboxylic acids is 1. The van der Waals surface area contributed by atoms with Crippen molar-refractivity contribution >= 4 is 22.8 Å². The molecule has 19 heavy (non-hydrogen) atoms. The first kappa shape index (κ1) is 13.0. The maximum absolute atomic E-state index is 10.9. The van der Waals surface area contributed by atoms with Gasteiger partial charge in [0.15, 0.2) is 5.82 Å². The fraction of sp³-hybridized carbons (Fsp3) is 0.214. The van der Waals surface area contributed by atoms with E-state index in [1.165, 1.54) is 0 Å². The van der Waals surface area contributed by atoms with Crippen molar-refractivity contribution < 1.29 is 9.90 Å². The molecule has 0 amide bonds. The van der Waals surface area contributed by atoms with Crippen LogP contribution in [0, 0.1) is 6.92 Å². The summed E-state index contributed by atoms with van der Waals surface area (Å²) in [5.41, 5.74) is 2.27. The van der Waals surface area contributed by atoms with Crippen molar-refractivity contribution in [3.8, 4) is 0 Å². The van der Waals surface area contributed by atoms with Crippen LogP contribution < -0.4 is 4.90 Å². The number of hydrogen-bond acceptors (Lipinski definition) is 4. The number of anilines is 1. The van der Waals surface area contributed by atoms with Crippen LogP contribution in [0.5, 0.6) is 0 Å². The molecule has 2 rings (SSSR count). The Bertz CT molecular complexity index is 625. The molecular formula is C14H15N3O2. The molecule has 1 aromatic heterocycles. The lowest BCUT2D eigenvalue weighted by Gasteiger charge is -2.21. The number of carbonyl (C=O) groups is 1. The molecule has 0 unspecified atom stereocenters. The molecule has 0 spiro atoms. The van der Waals surface area contributed by atoms with Crippen molar-refractivity contribution in [1.82, 2.24) is 9.97 Å². The van der Waals surface area contributed by atoms with Gasteiger partial charge >= 0.3 is 5.97 Å². The maximum atomic E-state index is 10.9. The van der Waals surface area contributed by atoms with Crippen LogP contribution in [0.25, 0.3) is 11.0 Å². The van der Waals surface area contributed by atoms with Gasteiger partial charge in [-0.2, -0.15) is 0 Å². The minimum Gasteiger partial charge on any atom is -0.480 e. The number of rotatable bonds is 5. The van der Waals surface area contributed by atoms with Crippen molar-refractivity contribution in [3.05, 3.63) is 42.6 Å². The maximum Gasteiger partial charge on any atom is 0.323 e. The molecule has 0 aliphatic rings. The second-order valence-corrected chi connectivity index (χ2v) is 4.18. The van der Waals surface area contributed by atoms with Gasteiger partial charge in [0, 0.05) is 6.54 Å². The van der Waals surface area contributed by atoms with E-state index in [1.54, 1.807) is 11.0 Å². The van der Waals surface area contributed by atoms with E-state index in [-0.39, 0.29) is 6.54 Å². The van der Waals surface area contributed by atoms with Crippen LogP contribution in [0.15, 0.2) is 36.9 Å². The average Bonchev–Trinajstić information content (AvgIpc) is 2.37. The van der Waals surface area contributed by atoms with E-state index >= 15 is 0 Å². The average molecular weight is 257 g/mol. The first-order valence-electron chi connectivity index (χ1n) is 5.93. The Morgan fingerprint density at radius 2 is 2.00 bits per heavy atom. The Labute approximate surface area is 111 Å². The smallest absolute Gasteiger partial charge is 0.323 e. The van der Waals surface area contributed by atoms with E-state index in [9.17, 15) is 4.79 Å². The number of para-hydroxylation sites is 2. The second-order valence-electron chi connectivity index (χ2n) is 4.18. The molecule has 0 saturated heterocycles. The molecule has 0 atom stereocenters. The van der Waals surface area contributed by atoms with E-state index in [0.717, 1.165) is 11.0 Å². The van der Waals surface area contributed by atoms with Crippen LogP contribution in [0.2, 0.25) is 0 Å². The molecular weight excluding hydrogens is 242 g/mol. The molecule has 1 heterocycles. The van der Waals surface area contributed by atoms with E-state index in [2.05, 4.69) is 16.5 Å². The highest BCUT2D eigenvalue weighted by Crippen LogP contribution is 2.19. The molecule has 0 aliphatic carbocycles. The van der Waals surface area contributed by atoms with Crippen LogP contribution in [0.3, 0.4) is 0 Å². The molecule has 1 N–H and O–H groups in total. The summed E-state index contributed by atoms with van der Waals surface area (Å²) in [7, 11) is 0. The minimum atomic E-state index is -0.906. The lowest BCUT2D eigenvalue weighted by molar-refractivity contribution is -0.135. The summed E-state index contributed by atoms with van der Waals surface area (Å²) in [4.78, 5) is 21.5. The van der Waals surface area contributed by atoms with Crippen LogP contribution >= 0.6 is 0 Å². The highest BCUT2D eigenvalue weighted by Gasteiger charge is 2.14. The Morgan fingerprint density at radius 3 is 2.58 bits per heavy atom. The number of benzene rings is 1. The van der Waals surface area contributed by atoms with Gasteiger partial charge in [0.25, 0.3) is 0 Å². The summed E-state index contributed by atoms with van der Waals surface area (Å²) in [6.45, 7) is 5.76. The van der Waals surface area contributed by atoms with Crippen LogP contribution in [-0.2, 0) is 4.79 Å². The van der Waals surface area contributed by atoms with Crippen molar-refractivity contribution in [3.63, 3.8) is 0 Å². The number of fused-ring (bicyclic) bond motifs is 1. The molecule has 0 radical (unpaired) electrons. The Morgan fingerprint density at radius 1 is 1.37 bits per heavy atom. The molecule has 0 fully saturated rings. The van der Waals surface area contributed by atoms with Gasteiger partial charge in [-0.05, 0) is 19.1 Å². The van der Waals surface area contributed by atoms with Gasteiger partial charge in [-0.25, -0.2) is 9.97 Å². The largest absolute Gasteiger partial charge is 0.480 e. The summed E-state index contributed by atoms with van der Waals surface area (Å²) < 4.78 is 0. The predicted octanol–water partition coefficient (Wildman–Crippen LogP) is 2.02. The van der Waals surface area contributed by atoms with Crippen molar-refractivity contribution in [2.24, 2.45) is 0 Å². The summed E-state index contributed by atoms with van der Waals surface area (Å²) in [6.07, 6.45) is 1.65. The lowest BCUT2D eigenvalue weighted by Crippen LogP contribution is -2.31. The summed E-state index contributed by atoms with van der Waals surface area (Å²) >= 11 is 0. The number of nitrogens with zero attached hydrogens (tertiary/aromatic N) is 3. The van der Waals surface area contributed by atoms with E-state index in [1.807, 2.05) is 31.2 Å². The second kappa shape index (κ2) is 5.48. The van der Waals surface area contributed by atoms with Crippen molar-refractivity contribution in [2.45, 2.75) is 6.92 Å². The first-order chi connectivity index (χ1) is 9.11. The Hall–Kier alpha value is -2.43. The quantitative estimate of drug-likeness (QED) is 0.830. The molecule has 1 aromatic carbocycles. The van der Waals surface area contributed by atoms with Gasteiger partial charge < -0.3 is 10.0 Å². The monoisotopic (exact) mass is 257 g/mol. The van der Waals surface area contributed by atoms with Crippen molar-refractivity contribution in [2.75, 3.05) is 18.0 Å². The zero-order valence-corrected chi connectivity index (χ0v) is 10.7. The molecule has 5 nitrogen and oxygen atoms in total. The zero-order chi connectivity index (χ0) is 13.8. The third kappa shape index (κ3) is 2.88. The SMILES string of the molecule is C=CCN(CC(=O)O)c1nc2ccccc2nc1C. The highest BCUT2D eigenvalue weighted by molar-refractivity contribution is 5.78. The normalized spacial score (nSPS) is 10.4. The molecule has 0 saturated carbocycles. The number of carboxylic acid groups (broad SMARTS) is 1. The van der Waals surface area contributed by atoms with E-state index in [0.29, 0.717) is 18.1 Å². The third-order valence-electron chi connectivity index (χ3n) is 2.69. The standard InChI is InChI=1S/C14H15N3O2/c1-3-8-17(9-13(18)19)14-10(2)15-11-6-4-5-7-12(11)16-14/h3-7H,1,8-9H2,2H3,(H,18,19). The van der Waals surface area contributed by atoms with Gasteiger partial charge in [0.05, 0.1) is 16.7 Å². The molecule has 98 valence electrons. The number of hydrogen-bond donors (Lipinski definition) is 1. The number of aryl methyl sites for hydroxylation is 1. The van der Waals surface area contributed by atoms with E-state index < -0.39 is 5.97 Å². The van der Waals surface area contributed by atoms with Crippen molar-refractivity contribution in [1.29, 1.82) is 0 Å². The number of carboxylic acids is 1. The zero-order valence-electron chi connectivity index (χ0n) is 10.7. The van der Waals surface area contributed by atoms with Crippen LogP contribution in [0.4, 0.5) is 5.82 Å². The topological polar surface area (TPSA) is 66.3 Å². The van der Waals surface area contributed by atoms with Crippen LogP contribution in [0.1, 0.15) is 5.69 Å². The first-order valence-corrected chi connectivity index (χ1v) is 5.93. The highest BCUT2D eigenvalue weighted by atomic mass is 16.4. The van der Waals surface area contributed by atoms with Crippen LogP contribution in [-0.4, -0.2) is 34.1 Å². The summed E-state index contributed by atoms with van der Waals surface area (Å²) in [5, 5.41) is 8.95. The summed E-state index contributed by atoms with van der Waals surface area (Å²) in [6, 6.07) is 7.52. The lowest BCUT2D eigenvalue weighted by atomic mass is 10.2. The van der Waals surface area contributed by atoms with Gasteiger partial charge in [-0.3, -0.25) is 4.79 Å². The minimum absolute atomic E-state index is 0.125. The Balaban J connectivity index is 2.48. The van der Waals surface area contributed by atoms with Gasteiger partial charge in [0.1, 0.15) is 6.54 Å². The molecule has 0 bridgehead atoms. The van der Waals surface area contributed by atoms with E-state index in [4.69, 9.17) is 5.11 Å². The van der Waals surface area contributed by atoms with Gasteiger partial charge in [-0.1, -0.05) is 18.2 Å². The molecule has 2 aromatic rings. The summed E-state index contributed by atoms with van der Waals surface area (Å²) in [5.74, 6) is -0.322. The Kier molecular flexibility index (Phi) is 3.75. The fourth-order valence-electron chi connectivity index (χ4n) is 1.92. The molecule has 5 heteroatoms. The van der Waals surface area contributed by atoms with Gasteiger partial charge in [0.2, 0.25) is 0 Å². The fourth-order valence-corrected chi connectivity index (χ4v) is 1.92.